The predicted octanol–water partition coefficient (Wildman–Crippen LogP) is 1.67. The Morgan fingerprint density at radius 1 is 1.30 bits per heavy atom. The number of hydrogen-bond acceptors (Lipinski definition) is 3. The van der Waals surface area contributed by atoms with Gasteiger partial charge in [-0.05, 0) is 18.6 Å². The van der Waals surface area contributed by atoms with Crippen molar-refractivity contribution in [2.75, 3.05) is 6.54 Å². The summed E-state index contributed by atoms with van der Waals surface area (Å²) in [5.74, 6) is -2.01. The van der Waals surface area contributed by atoms with E-state index in [-0.39, 0.29) is 11.2 Å². The molecule has 1 aliphatic rings. The molecule has 1 aliphatic heterocycles. The molecule has 1 aromatic carbocycles. The number of benzene rings is 1. The molecule has 5 nitrogen and oxygen atoms in total. The van der Waals surface area contributed by atoms with Crippen LogP contribution in [0.2, 0.25) is 0 Å². The lowest BCUT2D eigenvalue weighted by atomic mass is 10.0. The first kappa shape index (κ1) is 12.5. The Kier molecular flexibility index (Phi) is 2.85. The maximum absolute atomic E-state index is 13.6. The van der Waals surface area contributed by atoms with E-state index in [9.17, 15) is 14.0 Å². The van der Waals surface area contributed by atoms with E-state index in [1.165, 1.54) is 17.0 Å². The predicted molar refractivity (Wildman–Crippen MR) is 68.8 cm³/mol. The van der Waals surface area contributed by atoms with Crippen LogP contribution < -0.4 is 0 Å². The van der Waals surface area contributed by atoms with E-state index in [2.05, 4.69) is 4.98 Å². The van der Waals surface area contributed by atoms with E-state index in [0.717, 1.165) is 0 Å². The second-order valence-electron chi connectivity index (χ2n) is 4.65. The quantitative estimate of drug-likeness (QED) is 0.904. The number of aromatic nitrogens is 1. The Balaban J connectivity index is 1.96. The van der Waals surface area contributed by atoms with Gasteiger partial charge in [0.05, 0.1) is 0 Å². The molecular formula is C14H11FN2O3. The monoisotopic (exact) mass is 274 g/mol. The lowest BCUT2D eigenvalue weighted by molar-refractivity contribution is -0.146. The number of aliphatic carboxylic acids is 1. The van der Waals surface area contributed by atoms with Crippen molar-refractivity contribution in [1.29, 1.82) is 0 Å². The first-order valence-electron chi connectivity index (χ1n) is 6.17. The molecule has 2 heterocycles. The smallest absolute Gasteiger partial charge is 0.326 e. The van der Waals surface area contributed by atoms with Crippen molar-refractivity contribution in [3.05, 3.63) is 41.8 Å². The van der Waals surface area contributed by atoms with Gasteiger partial charge in [0.25, 0.3) is 5.91 Å². The zero-order valence-electron chi connectivity index (χ0n) is 10.4. The molecule has 1 fully saturated rings. The van der Waals surface area contributed by atoms with Crippen molar-refractivity contribution in [2.24, 2.45) is 0 Å². The van der Waals surface area contributed by atoms with Gasteiger partial charge in [0.2, 0.25) is 0 Å². The normalized spacial score (nSPS) is 17.9. The number of carboxylic acids is 1. The molecule has 1 saturated heterocycles. The van der Waals surface area contributed by atoms with Gasteiger partial charge in [0.15, 0.2) is 0 Å². The summed E-state index contributed by atoms with van der Waals surface area (Å²) in [6, 6.07) is 6.82. The highest BCUT2D eigenvalue weighted by atomic mass is 19.1. The minimum Gasteiger partial charge on any atom is -0.480 e. The number of carboxylic acid groups (broad SMARTS) is 1. The van der Waals surface area contributed by atoms with Gasteiger partial charge in [0, 0.05) is 11.9 Å². The zero-order chi connectivity index (χ0) is 14.3. The number of fused-ring (bicyclic) bond motifs is 1. The Morgan fingerprint density at radius 2 is 2.10 bits per heavy atom. The number of amides is 1. The summed E-state index contributed by atoms with van der Waals surface area (Å²) in [7, 11) is 0. The fraction of sp³-hybridized carbons (Fsp3) is 0.214. The minimum atomic E-state index is -1.03. The Hall–Kier alpha value is -2.50. The first-order valence-corrected chi connectivity index (χ1v) is 6.17. The Morgan fingerprint density at radius 3 is 2.75 bits per heavy atom. The molecular weight excluding hydrogens is 263 g/mol. The van der Waals surface area contributed by atoms with Crippen LogP contribution in [-0.2, 0) is 4.79 Å². The van der Waals surface area contributed by atoms with Crippen molar-refractivity contribution < 1.29 is 19.1 Å². The highest BCUT2D eigenvalue weighted by Gasteiger charge is 2.38. The summed E-state index contributed by atoms with van der Waals surface area (Å²) in [6.07, 6.45) is 0.434. The molecule has 20 heavy (non-hydrogen) atoms. The molecule has 102 valence electrons. The molecule has 1 atom stereocenters. The van der Waals surface area contributed by atoms with E-state index >= 15 is 0 Å². The summed E-state index contributed by atoms with van der Waals surface area (Å²) in [4.78, 5) is 28.3. The highest BCUT2D eigenvalue weighted by Crippen LogP contribution is 2.22. The van der Waals surface area contributed by atoms with Crippen LogP contribution in [0.25, 0.3) is 10.9 Å². The average Bonchev–Trinajstić information content (AvgIpc) is 2.36. The van der Waals surface area contributed by atoms with Gasteiger partial charge in [0.1, 0.15) is 23.1 Å². The van der Waals surface area contributed by atoms with Gasteiger partial charge in [-0.3, -0.25) is 4.79 Å². The topological polar surface area (TPSA) is 70.5 Å². The van der Waals surface area contributed by atoms with Crippen molar-refractivity contribution in [2.45, 2.75) is 12.5 Å². The lowest BCUT2D eigenvalue weighted by Gasteiger charge is -2.37. The van der Waals surface area contributed by atoms with Gasteiger partial charge >= 0.3 is 5.97 Å². The molecule has 0 bridgehead atoms. The molecule has 0 radical (unpaired) electrons. The number of hydrogen-bond donors (Lipinski definition) is 1. The van der Waals surface area contributed by atoms with Crippen LogP contribution in [0.1, 0.15) is 16.9 Å². The van der Waals surface area contributed by atoms with Crippen LogP contribution in [0.4, 0.5) is 4.39 Å². The van der Waals surface area contributed by atoms with Crippen LogP contribution in [-0.4, -0.2) is 39.5 Å². The largest absolute Gasteiger partial charge is 0.480 e. The third-order valence-electron chi connectivity index (χ3n) is 3.46. The number of nitrogens with zero attached hydrogens (tertiary/aromatic N) is 2. The van der Waals surface area contributed by atoms with E-state index in [0.29, 0.717) is 18.4 Å². The molecule has 0 saturated carbocycles. The van der Waals surface area contributed by atoms with Gasteiger partial charge in [-0.25, -0.2) is 14.2 Å². The van der Waals surface area contributed by atoms with Gasteiger partial charge in [-0.15, -0.1) is 0 Å². The van der Waals surface area contributed by atoms with E-state index < -0.39 is 23.7 Å². The molecule has 1 unspecified atom stereocenters. The molecule has 1 N–H and O–H groups in total. The van der Waals surface area contributed by atoms with Crippen molar-refractivity contribution >= 4 is 22.8 Å². The average molecular weight is 274 g/mol. The second-order valence-corrected chi connectivity index (χ2v) is 4.65. The number of carbonyl (C=O) groups is 2. The standard InChI is InChI=1S/C14H11FN2O3/c15-9-3-1-2-8-4-5-10(16-12(8)9)13(18)17-7-6-11(17)14(19)20/h1-5,11H,6-7H2,(H,19,20). The maximum atomic E-state index is 13.6. The summed E-state index contributed by atoms with van der Waals surface area (Å²) >= 11 is 0. The van der Waals surface area contributed by atoms with Crippen LogP contribution >= 0.6 is 0 Å². The minimum absolute atomic E-state index is 0.0635. The van der Waals surface area contributed by atoms with Crippen molar-refractivity contribution in [1.82, 2.24) is 9.88 Å². The zero-order valence-corrected chi connectivity index (χ0v) is 10.4. The molecule has 1 amide bonds. The van der Waals surface area contributed by atoms with E-state index in [4.69, 9.17) is 5.11 Å². The molecule has 0 aliphatic carbocycles. The number of pyridine rings is 1. The highest BCUT2D eigenvalue weighted by molar-refractivity contribution is 5.97. The maximum Gasteiger partial charge on any atom is 0.326 e. The van der Waals surface area contributed by atoms with E-state index in [1.807, 2.05) is 0 Å². The summed E-state index contributed by atoms with van der Waals surface area (Å²) in [6.45, 7) is 0.382. The Bertz CT molecular complexity index is 717. The van der Waals surface area contributed by atoms with Gasteiger partial charge in [-0.1, -0.05) is 18.2 Å². The lowest BCUT2D eigenvalue weighted by Crippen LogP contribution is -2.55. The number of para-hydroxylation sites is 1. The number of halogens is 1. The Labute approximate surface area is 113 Å². The number of rotatable bonds is 2. The fourth-order valence-electron chi connectivity index (χ4n) is 2.26. The van der Waals surface area contributed by atoms with Crippen molar-refractivity contribution in [3.8, 4) is 0 Å². The van der Waals surface area contributed by atoms with E-state index in [1.54, 1.807) is 18.2 Å². The second kappa shape index (κ2) is 4.56. The van der Waals surface area contributed by atoms with Crippen LogP contribution in [0.5, 0.6) is 0 Å². The summed E-state index contributed by atoms with van der Waals surface area (Å²) in [5.41, 5.74) is 0.180. The number of likely N-dealkylation sites (tertiary alicyclic amines) is 1. The number of carbonyl (C=O) groups excluding carboxylic acids is 1. The first-order chi connectivity index (χ1) is 9.58. The van der Waals surface area contributed by atoms with Gasteiger partial charge < -0.3 is 10.0 Å². The fourth-order valence-corrected chi connectivity index (χ4v) is 2.26. The molecule has 6 heteroatoms. The van der Waals surface area contributed by atoms with Crippen LogP contribution in [0.15, 0.2) is 30.3 Å². The van der Waals surface area contributed by atoms with Gasteiger partial charge in [-0.2, -0.15) is 0 Å². The summed E-state index contributed by atoms with van der Waals surface area (Å²) in [5, 5.41) is 9.54. The third-order valence-corrected chi connectivity index (χ3v) is 3.46. The molecule has 2 aromatic rings. The van der Waals surface area contributed by atoms with Crippen LogP contribution in [0, 0.1) is 5.82 Å². The van der Waals surface area contributed by atoms with Crippen molar-refractivity contribution in [3.63, 3.8) is 0 Å². The van der Waals surface area contributed by atoms with Crippen LogP contribution in [0.3, 0.4) is 0 Å². The molecule has 3 rings (SSSR count). The molecule has 1 aromatic heterocycles. The summed E-state index contributed by atoms with van der Waals surface area (Å²) < 4.78 is 13.6. The SMILES string of the molecule is O=C(O)C1CCN1C(=O)c1ccc2cccc(F)c2n1. The third kappa shape index (κ3) is 1.89. The molecule has 0 spiro atoms.